The van der Waals surface area contributed by atoms with Gasteiger partial charge in [0.1, 0.15) is 0 Å². The van der Waals surface area contributed by atoms with Crippen LogP contribution in [-0.4, -0.2) is 51.9 Å². The normalized spacial score (nSPS) is 17.7. The van der Waals surface area contributed by atoms with E-state index in [2.05, 4.69) is 41.5 Å². The second-order valence-corrected chi connectivity index (χ2v) is 6.76. The van der Waals surface area contributed by atoms with Crippen molar-refractivity contribution in [2.75, 3.05) is 25.6 Å². The van der Waals surface area contributed by atoms with Gasteiger partial charge in [-0.2, -0.15) is 4.68 Å². The van der Waals surface area contributed by atoms with E-state index in [1.165, 1.54) is 11.1 Å². The molecule has 1 fully saturated rings. The number of aryl methyl sites for hydroxylation is 2. The molecule has 0 unspecified atom stereocenters. The minimum atomic E-state index is 0.279. The monoisotopic (exact) mass is 334 g/mol. The number of rotatable bonds is 7. The Kier molecular flexibility index (Phi) is 5.64. The summed E-state index contributed by atoms with van der Waals surface area (Å²) in [4.78, 5) is 0. The third-order valence-corrected chi connectivity index (χ3v) is 4.85. The first-order valence-corrected chi connectivity index (χ1v) is 8.91. The number of hydrogen-bond acceptors (Lipinski definition) is 6. The summed E-state index contributed by atoms with van der Waals surface area (Å²) in [6, 6.07) is 6.23. The van der Waals surface area contributed by atoms with E-state index in [9.17, 15) is 0 Å². The zero-order valence-corrected chi connectivity index (χ0v) is 14.4. The number of hydrogen-bond donors (Lipinski definition) is 0. The molecular formula is C16H22N4O2S. The van der Waals surface area contributed by atoms with Crippen molar-refractivity contribution in [3.63, 3.8) is 0 Å². The number of ether oxygens (including phenoxy) is 2. The second kappa shape index (κ2) is 7.90. The third-order valence-electron chi connectivity index (χ3n) is 3.96. The van der Waals surface area contributed by atoms with Gasteiger partial charge in [-0.25, -0.2) is 0 Å². The lowest BCUT2D eigenvalue weighted by molar-refractivity contribution is 0.0226. The summed E-state index contributed by atoms with van der Waals surface area (Å²) >= 11 is 1.60. The molecule has 0 spiro atoms. The molecule has 23 heavy (non-hydrogen) atoms. The predicted molar refractivity (Wildman–Crippen MR) is 89.1 cm³/mol. The number of thioether (sulfide) groups is 1. The Bertz CT molecular complexity index is 641. The fourth-order valence-corrected chi connectivity index (χ4v) is 3.21. The first kappa shape index (κ1) is 16.4. The van der Waals surface area contributed by atoms with Crippen LogP contribution >= 0.6 is 11.8 Å². The summed E-state index contributed by atoms with van der Waals surface area (Å²) in [5.41, 5.74) is 3.48. The molecule has 124 valence electrons. The van der Waals surface area contributed by atoms with Crippen LogP contribution < -0.4 is 0 Å². The number of tetrazole rings is 1. The highest BCUT2D eigenvalue weighted by Crippen LogP contribution is 2.20. The summed E-state index contributed by atoms with van der Waals surface area (Å²) in [5.74, 6) is 0.817. The zero-order valence-electron chi connectivity index (χ0n) is 13.6. The van der Waals surface area contributed by atoms with Crippen molar-refractivity contribution in [2.24, 2.45) is 0 Å². The van der Waals surface area contributed by atoms with Gasteiger partial charge in [0.05, 0.1) is 25.0 Å². The van der Waals surface area contributed by atoms with Crippen molar-refractivity contribution < 1.29 is 9.47 Å². The highest BCUT2D eigenvalue weighted by molar-refractivity contribution is 7.99. The van der Waals surface area contributed by atoms with Crippen LogP contribution in [0.25, 0.3) is 5.69 Å². The maximum absolute atomic E-state index is 5.67. The first-order valence-electron chi connectivity index (χ1n) is 7.92. The Morgan fingerprint density at radius 1 is 1.35 bits per heavy atom. The van der Waals surface area contributed by atoms with E-state index in [-0.39, 0.29) is 6.10 Å². The highest BCUT2D eigenvalue weighted by atomic mass is 32.2. The minimum Gasteiger partial charge on any atom is -0.378 e. The van der Waals surface area contributed by atoms with Crippen molar-refractivity contribution in [2.45, 2.75) is 37.9 Å². The van der Waals surface area contributed by atoms with Crippen molar-refractivity contribution in [3.8, 4) is 5.69 Å². The number of aromatic nitrogens is 4. The summed E-state index contributed by atoms with van der Waals surface area (Å²) in [6.07, 6.45) is 2.53. The van der Waals surface area contributed by atoms with E-state index in [0.717, 1.165) is 36.0 Å². The van der Waals surface area contributed by atoms with Gasteiger partial charge in [0.2, 0.25) is 5.16 Å². The molecule has 6 nitrogen and oxygen atoms in total. The quantitative estimate of drug-likeness (QED) is 0.573. The molecule has 1 aliphatic rings. The highest BCUT2D eigenvalue weighted by Gasteiger charge is 2.15. The molecule has 2 aromatic rings. The fraction of sp³-hybridized carbons (Fsp3) is 0.562. The predicted octanol–water partition coefficient (Wildman–Crippen LogP) is 2.57. The lowest BCUT2D eigenvalue weighted by Gasteiger charge is -2.10. The number of benzene rings is 1. The van der Waals surface area contributed by atoms with Crippen molar-refractivity contribution >= 4 is 11.8 Å². The van der Waals surface area contributed by atoms with Gasteiger partial charge in [-0.05, 0) is 60.4 Å². The van der Waals surface area contributed by atoms with E-state index < -0.39 is 0 Å². The maximum Gasteiger partial charge on any atom is 0.214 e. The van der Waals surface area contributed by atoms with Crippen LogP contribution in [0, 0.1) is 13.8 Å². The molecular weight excluding hydrogens is 312 g/mol. The minimum absolute atomic E-state index is 0.279. The summed E-state index contributed by atoms with van der Waals surface area (Å²) in [7, 11) is 0. The molecule has 0 saturated carbocycles. The van der Waals surface area contributed by atoms with Gasteiger partial charge in [0, 0.05) is 12.4 Å². The molecule has 0 bridgehead atoms. The standard InChI is InChI=1S/C16H22N4O2S/c1-12-5-6-14(10-13(12)2)20-16(17-18-19-20)23-9-8-21-11-15-4-3-7-22-15/h5-6,10,15H,3-4,7-9,11H2,1-2H3/t15-/m0/s1. The molecule has 1 atom stereocenters. The van der Waals surface area contributed by atoms with E-state index in [4.69, 9.17) is 9.47 Å². The van der Waals surface area contributed by atoms with Crippen LogP contribution in [0.2, 0.25) is 0 Å². The molecule has 3 rings (SSSR count). The molecule has 2 heterocycles. The Morgan fingerprint density at radius 2 is 2.26 bits per heavy atom. The molecule has 7 heteroatoms. The average molecular weight is 334 g/mol. The van der Waals surface area contributed by atoms with Crippen molar-refractivity contribution in [1.29, 1.82) is 0 Å². The maximum atomic E-state index is 5.67. The van der Waals surface area contributed by atoms with Crippen LogP contribution in [-0.2, 0) is 9.47 Å². The molecule has 1 saturated heterocycles. The second-order valence-electron chi connectivity index (χ2n) is 5.70. The lowest BCUT2D eigenvalue weighted by Crippen LogP contribution is -2.15. The molecule has 1 aromatic heterocycles. The zero-order chi connectivity index (χ0) is 16.1. The smallest absolute Gasteiger partial charge is 0.214 e. The first-order chi connectivity index (χ1) is 11.2. The average Bonchev–Trinajstić information content (AvgIpc) is 3.21. The van der Waals surface area contributed by atoms with Crippen LogP contribution in [0.1, 0.15) is 24.0 Å². The number of nitrogens with zero attached hydrogens (tertiary/aromatic N) is 4. The van der Waals surface area contributed by atoms with Crippen LogP contribution in [0.4, 0.5) is 0 Å². The molecule has 1 aliphatic heterocycles. The molecule has 0 N–H and O–H groups in total. The molecule has 0 radical (unpaired) electrons. The van der Waals surface area contributed by atoms with Gasteiger partial charge in [0.25, 0.3) is 0 Å². The Balaban J connectivity index is 1.51. The molecule has 0 aliphatic carbocycles. The Labute approximate surface area is 140 Å². The Hall–Kier alpha value is -1.44. The lowest BCUT2D eigenvalue weighted by atomic mass is 10.1. The fourth-order valence-electron chi connectivity index (χ4n) is 2.47. The van der Waals surface area contributed by atoms with Gasteiger partial charge in [-0.3, -0.25) is 0 Å². The van der Waals surface area contributed by atoms with Gasteiger partial charge >= 0.3 is 0 Å². The third kappa shape index (κ3) is 4.31. The van der Waals surface area contributed by atoms with Crippen LogP contribution in [0.15, 0.2) is 23.4 Å². The van der Waals surface area contributed by atoms with Crippen molar-refractivity contribution in [3.05, 3.63) is 29.3 Å². The van der Waals surface area contributed by atoms with Gasteiger partial charge in [-0.15, -0.1) is 5.10 Å². The summed E-state index contributed by atoms with van der Waals surface area (Å²) in [6.45, 7) is 6.41. The SMILES string of the molecule is Cc1ccc(-n2nnnc2SCCOC[C@@H]2CCCO2)cc1C. The Morgan fingerprint density at radius 3 is 3.04 bits per heavy atom. The van der Waals surface area contributed by atoms with Gasteiger partial charge in [0.15, 0.2) is 0 Å². The molecule has 1 aromatic carbocycles. The molecule has 0 amide bonds. The van der Waals surface area contributed by atoms with Crippen molar-refractivity contribution in [1.82, 2.24) is 20.2 Å². The topological polar surface area (TPSA) is 62.1 Å². The van der Waals surface area contributed by atoms with Crippen LogP contribution in [0.5, 0.6) is 0 Å². The van der Waals surface area contributed by atoms with Crippen LogP contribution in [0.3, 0.4) is 0 Å². The van der Waals surface area contributed by atoms with E-state index in [0.29, 0.717) is 13.2 Å². The van der Waals surface area contributed by atoms with E-state index in [1.54, 1.807) is 16.4 Å². The summed E-state index contributed by atoms with van der Waals surface area (Å²) in [5, 5.41) is 12.8. The van der Waals surface area contributed by atoms with E-state index in [1.807, 2.05) is 6.07 Å². The largest absolute Gasteiger partial charge is 0.378 e. The van der Waals surface area contributed by atoms with Gasteiger partial charge < -0.3 is 9.47 Å². The van der Waals surface area contributed by atoms with Gasteiger partial charge in [-0.1, -0.05) is 17.8 Å². The summed E-state index contributed by atoms with van der Waals surface area (Å²) < 4.78 is 13.0. The van der Waals surface area contributed by atoms with E-state index >= 15 is 0 Å².